The fourth-order valence-electron chi connectivity index (χ4n) is 3.04. The van der Waals surface area contributed by atoms with Crippen LogP contribution in [0.5, 0.6) is 0 Å². The smallest absolute Gasteiger partial charge is 0.319 e. The van der Waals surface area contributed by atoms with Gasteiger partial charge in [0.15, 0.2) is 0 Å². The first kappa shape index (κ1) is 18.9. The number of carbonyl (C=O) groups excluding carboxylic acids is 1. The van der Waals surface area contributed by atoms with Crippen LogP contribution in [0.15, 0.2) is 59.5 Å². The Balaban J connectivity index is 1.58. The zero-order valence-corrected chi connectivity index (χ0v) is 15.4. The summed E-state index contributed by atoms with van der Waals surface area (Å²) >= 11 is 0. The van der Waals surface area contributed by atoms with E-state index < -0.39 is 10.0 Å². The van der Waals surface area contributed by atoms with Crippen molar-refractivity contribution in [2.75, 3.05) is 18.4 Å². The molecule has 1 fully saturated rings. The van der Waals surface area contributed by atoms with Crippen LogP contribution >= 0.6 is 0 Å². The van der Waals surface area contributed by atoms with Gasteiger partial charge in [-0.1, -0.05) is 30.3 Å². The average molecular weight is 384 g/mol. The summed E-state index contributed by atoms with van der Waals surface area (Å²) in [7, 11) is -3.72. The fraction of sp³-hybridized carbons (Fsp3) is 0.263. The Labute approximate surface area is 158 Å². The van der Waals surface area contributed by atoms with E-state index in [4.69, 9.17) is 5.26 Å². The van der Waals surface area contributed by atoms with Crippen molar-refractivity contribution in [1.82, 2.24) is 9.62 Å². The minimum Gasteiger partial charge on any atom is -0.335 e. The molecule has 0 spiro atoms. The molecule has 2 N–H and O–H groups in total. The molecule has 140 valence electrons. The van der Waals surface area contributed by atoms with Crippen molar-refractivity contribution in [1.29, 1.82) is 5.26 Å². The summed E-state index contributed by atoms with van der Waals surface area (Å²) in [6, 6.07) is 16.8. The molecule has 0 unspecified atom stereocenters. The molecule has 0 aliphatic carbocycles. The summed E-state index contributed by atoms with van der Waals surface area (Å²) in [6.07, 6.45) is 1.02. The number of sulfonamides is 1. The molecule has 1 heterocycles. The predicted octanol–water partition coefficient (Wildman–Crippen LogP) is 2.53. The monoisotopic (exact) mass is 384 g/mol. The molecule has 0 bridgehead atoms. The van der Waals surface area contributed by atoms with Crippen molar-refractivity contribution >= 4 is 21.7 Å². The number of para-hydroxylation sites is 1. The molecule has 8 heteroatoms. The number of nitriles is 1. The van der Waals surface area contributed by atoms with Gasteiger partial charge in [0.1, 0.15) is 6.07 Å². The van der Waals surface area contributed by atoms with Crippen LogP contribution in [0.4, 0.5) is 10.5 Å². The minimum atomic E-state index is -3.72. The number of rotatable bonds is 4. The number of anilines is 1. The lowest BCUT2D eigenvalue weighted by atomic mass is 10.1. The van der Waals surface area contributed by atoms with Gasteiger partial charge in [0.25, 0.3) is 0 Å². The highest BCUT2D eigenvalue weighted by molar-refractivity contribution is 7.89. The quantitative estimate of drug-likeness (QED) is 0.845. The molecule has 2 amide bonds. The summed E-state index contributed by atoms with van der Waals surface area (Å²) in [5.41, 5.74) is 0.836. The molecule has 7 nitrogen and oxygen atoms in total. The highest BCUT2D eigenvalue weighted by atomic mass is 32.2. The fourth-order valence-corrected chi connectivity index (χ4v) is 4.65. The van der Waals surface area contributed by atoms with E-state index >= 15 is 0 Å². The highest BCUT2D eigenvalue weighted by Crippen LogP contribution is 2.23. The lowest BCUT2D eigenvalue weighted by Gasteiger charge is -2.31. The first-order valence-electron chi connectivity index (χ1n) is 8.62. The van der Waals surface area contributed by atoms with E-state index in [-0.39, 0.29) is 22.5 Å². The zero-order chi connectivity index (χ0) is 19.3. The summed E-state index contributed by atoms with van der Waals surface area (Å²) in [5, 5.41) is 14.8. The van der Waals surface area contributed by atoms with E-state index in [0.29, 0.717) is 31.6 Å². The maximum Gasteiger partial charge on any atom is 0.319 e. The van der Waals surface area contributed by atoms with E-state index in [1.165, 1.54) is 16.4 Å². The maximum atomic E-state index is 12.8. The Morgan fingerprint density at radius 3 is 2.33 bits per heavy atom. The molecule has 1 aliphatic rings. The number of amides is 2. The Morgan fingerprint density at radius 1 is 1.04 bits per heavy atom. The van der Waals surface area contributed by atoms with E-state index in [1.54, 1.807) is 24.3 Å². The van der Waals surface area contributed by atoms with Gasteiger partial charge in [-0.3, -0.25) is 0 Å². The third-order valence-electron chi connectivity index (χ3n) is 4.45. The van der Waals surface area contributed by atoms with Crippen LogP contribution in [0.3, 0.4) is 0 Å². The molecular weight excluding hydrogens is 364 g/mol. The van der Waals surface area contributed by atoms with Gasteiger partial charge in [-0.25, -0.2) is 13.2 Å². The Hall–Kier alpha value is -2.89. The van der Waals surface area contributed by atoms with Crippen molar-refractivity contribution < 1.29 is 13.2 Å². The van der Waals surface area contributed by atoms with Crippen LogP contribution in [0.2, 0.25) is 0 Å². The lowest BCUT2D eigenvalue weighted by molar-refractivity contribution is 0.238. The third-order valence-corrected chi connectivity index (χ3v) is 6.40. The van der Waals surface area contributed by atoms with E-state index in [9.17, 15) is 13.2 Å². The summed E-state index contributed by atoms with van der Waals surface area (Å²) in [5.74, 6) is 0. The Kier molecular flexibility index (Phi) is 5.74. The standard InChI is InChI=1S/C19H20N4O3S/c20-14-15-6-4-5-9-18(15)27(25,26)23-12-10-17(11-13-23)22-19(24)21-16-7-2-1-3-8-16/h1-9,17H,10-13H2,(H2,21,22,24). The number of urea groups is 1. The van der Waals surface area contributed by atoms with E-state index in [1.807, 2.05) is 24.3 Å². The summed E-state index contributed by atoms with van der Waals surface area (Å²) in [4.78, 5) is 12.1. The van der Waals surface area contributed by atoms with Gasteiger partial charge in [-0.2, -0.15) is 9.57 Å². The molecule has 27 heavy (non-hydrogen) atoms. The molecule has 0 radical (unpaired) electrons. The SMILES string of the molecule is N#Cc1ccccc1S(=O)(=O)N1CCC(NC(=O)Nc2ccccc2)CC1. The second-order valence-electron chi connectivity index (χ2n) is 6.25. The summed E-state index contributed by atoms with van der Waals surface area (Å²) < 4.78 is 27.0. The van der Waals surface area contributed by atoms with Gasteiger partial charge >= 0.3 is 6.03 Å². The van der Waals surface area contributed by atoms with Crippen LogP contribution in [0.1, 0.15) is 18.4 Å². The first-order valence-corrected chi connectivity index (χ1v) is 10.1. The Morgan fingerprint density at radius 2 is 1.67 bits per heavy atom. The molecule has 2 aromatic carbocycles. The Bertz CT molecular complexity index is 946. The molecule has 3 rings (SSSR count). The molecule has 0 atom stereocenters. The van der Waals surface area contributed by atoms with Crippen molar-refractivity contribution in [3.63, 3.8) is 0 Å². The van der Waals surface area contributed by atoms with E-state index in [2.05, 4.69) is 10.6 Å². The molecule has 1 saturated heterocycles. The van der Waals surface area contributed by atoms with Crippen LogP contribution in [0, 0.1) is 11.3 Å². The van der Waals surface area contributed by atoms with Crippen molar-refractivity contribution in [3.05, 3.63) is 60.2 Å². The number of nitrogens with one attached hydrogen (secondary N) is 2. The van der Waals surface area contributed by atoms with Crippen LogP contribution in [0.25, 0.3) is 0 Å². The lowest BCUT2D eigenvalue weighted by Crippen LogP contribution is -2.47. The van der Waals surface area contributed by atoms with Gasteiger partial charge in [0.05, 0.1) is 10.5 Å². The minimum absolute atomic E-state index is 0.0285. The van der Waals surface area contributed by atoms with Gasteiger partial charge in [-0.15, -0.1) is 0 Å². The predicted molar refractivity (Wildman–Crippen MR) is 102 cm³/mol. The first-order chi connectivity index (χ1) is 13.0. The van der Waals surface area contributed by atoms with Crippen LogP contribution < -0.4 is 10.6 Å². The van der Waals surface area contributed by atoms with Gasteiger partial charge in [-0.05, 0) is 37.1 Å². The molecule has 1 aliphatic heterocycles. The maximum absolute atomic E-state index is 12.8. The highest BCUT2D eigenvalue weighted by Gasteiger charge is 2.31. The largest absolute Gasteiger partial charge is 0.335 e. The van der Waals surface area contributed by atoms with Crippen molar-refractivity contribution in [2.24, 2.45) is 0 Å². The van der Waals surface area contributed by atoms with Gasteiger partial charge < -0.3 is 10.6 Å². The third kappa shape index (κ3) is 4.45. The number of carbonyl (C=O) groups is 1. The average Bonchev–Trinajstić information content (AvgIpc) is 2.69. The van der Waals surface area contributed by atoms with Gasteiger partial charge in [0.2, 0.25) is 10.0 Å². The number of piperidine rings is 1. The van der Waals surface area contributed by atoms with Crippen LogP contribution in [-0.2, 0) is 10.0 Å². The van der Waals surface area contributed by atoms with Crippen molar-refractivity contribution in [2.45, 2.75) is 23.8 Å². The number of benzene rings is 2. The summed E-state index contributed by atoms with van der Waals surface area (Å²) in [6.45, 7) is 0.580. The topological polar surface area (TPSA) is 102 Å². The number of hydrogen-bond donors (Lipinski definition) is 2. The molecule has 0 saturated carbocycles. The van der Waals surface area contributed by atoms with Crippen molar-refractivity contribution in [3.8, 4) is 6.07 Å². The number of hydrogen-bond acceptors (Lipinski definition) is 4. The molecule has 0 aromatic heterocycles. The molecular formula is C19H20N4O3S. The second kappa shape index (κ2) is 8.20. The second-order valence-corrected chi connectivity index (χ2v) is 8.16. The zero-order valence-electron chi connectivity index (χ0n) is 14.6. The molecule has 2 aromatic rings. The number of nitrogens with zero attached hydrogens (tertiary/aromatic N) is 2. The van der Waals surface area contributed by atoms with Gasteiger partial charge in [0, 0.05) is 24.8 Å². The van der Waals surface area contributed by atoms with Crippen LogP contribution in [-0.4, -0.2) is 37.9 Å². The normalized spacial score (nSPS) is 15.7. The van der Waals surface area contributed by atoms with E-state index in [0.717, 1.165) is 0 Å².